The summed E-state index contributed by atoms with van der Waals surface area (Å²) in [6.07, 6.45) is 6.93. The number of likely N-dealkylation sites (tertiary alicyclic amines) is 1. The van der Waals surface area contributed by atoms with Crippen molar-refractivity contribution in [3.63, 3.8) is 0 Å². The van der Waals surface area contributed by atoms with Crippen molar-refractivity contribution >= 4 is 5.91 Å². The van der Waals surface area contributed by atoms with Crippen LogP contribution in [0.3, 0.4) is 0 Å². The van der Waals surface area contributed by atoms with Crippen LogP contribution in [0.1, 0.15) is 55.8 Å². The number of nitrogens with zero attached hydrogens (tertiary/aromatic N) is 4. The zero-order valence-electron chi connectivity index (χ0n) is 18.2. The smallest absolute Gasteiger partial charge is 0.274 e. The lowest BCUT2D eigenvalue weighted by Gasteiger charge is -2.48. The third-order valence-corrected chi connectivity index (χ3v) is 6.32. The molecular formula is C24H32N4O2. The van der Waals surface area contributed by atoms with Crippen molar-refractivity contribution in [3.8, 4) is 0 Å². The SMILES string of the molecule is CC(C)(C)[C@H]1CN(C2CCN(C(=O)c3cnccn3)CC2)C[C@@H](c2ccccc2)O1. The van der Waals surface area contributed by atoms with Crippen molar-refractivity contribution in [1.82, 2.24) is 19.8 Å². The van der Waals surface area contributed by atoms with E-state index in [4.69, 9.17) is 4.74 Å². The summed E-state index contributed by atoms with van der Waals surface area (Å²) in [5.74, 6) is -0.0155. The largest absolute Gasteiger partial charge is 0.367 e. The summed E-state index contributed by atoms with van der Waals surface area (Å²) in [4.78, 5) is 25.4. The van der Waals surface area contributed by atoms with Gasteiger partial charge in [0.1, 0.15) is 5.69 Å². The molecule has 2 fully saturated rings. The topological polar surface area (TPSA) is 58.6 Å². The van der Waals surface area contributed by atoms with Crippen molar-refractivity contribution in [2.75, 3.05) is 26.2 Å². The van der Waals surface area contributed by atoms with Gasteiger partial charge in [-0.05, 0) is 23.8 Å². The first kappa shape index (κ1) is 20.9. The van der Waals surface area contributed by atoms with Gasteiger partial charge in [-0.25, -0.2) is 4.98 Å². The van der Waals surface area contributed by atoms with Gasteiger partial charge in [0.25, 0.3) is 5.91 Å². The molecule has 0 N–H and O–H groups in total. The van der Waals surface area contributed by atoms with Gasteiger partial charge in [0.05, 0.1) is 18.4 Å². The lowest BCUT2D eigenvalue weighted by atomic mass is 9.86. The maximum Gasteiger partial charge on any atom is 0.274 e. The number of carbonyl (C=O) groups is 1. The summed E-state index contributed by atoms with van der Waals surface area (Å²) in [7, 11) is 0. The molecule has 30 heavy (non-hydrogen) atoms. The number of amides is 1. The molecule has 2 atom stereocenters. The summed E-state index contributed by atoms with van der Waals surface area (Å²) in [5, 5.41) is 0. The summed E-state index contributed by atoms with van der Waals surface area (Å²) in [6.45, 7) is 10.1. The Kier molecular flexibility index (Phi) is 6.16. The van der Waals surface area contributed by atoms with Crippen molar-refractivity contribution in [2.24, 2.45) is 5.41 Å². The third kappa shape index (κ3) is 4.71. The first-order chi connectivity index (χ1) is 14.4. The predicted octanol–water partition coefficient (Wildman–Crippen LogP) is 3.57. The van der Waals surface area contributed by atoms with E-state index < -0.39 is 0 Å². The van der Waals surface area contributed by atoms with Crippen LogP contribution in [-0.4, -0.2) is 64.0 Å². The molecule has 0 radical (unpaired) electrons. The molecule has 1 aromatic carbocycles. The Morgan fingerprint density at radius 1 is 1.07 bits per heavy atom. The van der Waals surface area contributed by atoms with Gasteiger partial charge in [-0.1, -0.05) is 51.1 Å². The van der Waals surface area contributed by atoms with Crippen molar-refractivity contribution < 1.29 is 9.53 Å². The zero-order chi connectivity index (χ0) is 21.1. The average Bonchev–Trinajstić information content (AvgIpc) is 2.79. The van der Waals surface area contributed by atoms with Gasteiger partial charge < -0.3 is 9.64 Å². The number of aromatic nitrogens is 2. The minimum absolute atomic E-state index is 0.0155. The predicted molar refractivity (Wildman–Crippen MR) is 116 cm³/mol. The van der Waals surface area contributed by atoms with Crippen LogP contribution < -0.4 is 0 Å². The molecule has 2 aliphatic rings. The number of morpholine rings is 1. The summed E-state index contributed by atoms with van der Waals surface area (Å²) in [6, 6.07) is 11.0. The van der Waals surface area contributed by atoms with Crippen LogP contribution in [-0.2, 0) is 4.74 Å². The normalized spacial score (nSPS) is 24.0. The fourth-order valence-electron chi connectivity index (χ4n) is 4.42. The number of hydrogen-bond donors (Lipinski definition) is 0. The van der Waals surface area contributed by atoms with Gasteiger partial charge >= 0.3 is 0 Å². The van der Waals surface area contributed by atoms with E-state index in [1.807, 2.05) is 4.90 Å². The van der Waals surface area contributed by atoms with E-state index in [-0.39, 0.29) is 23.5 Å². The quantitative estimate of drug-likeness (QED) is 0.777. The Morgan fingerprint density at radius 3 is 2.43 bits per heavy atom. The minimum atomic E-state index is -0.0155. The molecule has 6 nitrogen and oxygen atoms in total. The second kappa shape index (κ2) is 8.82. The number of ether oxygens (including phenoxy) is 1. The maximum atomic E-state index is 12.7. The highest BCUT2D eigenvalue weighted by atomic mass is 16.5. The molecule has 3 heterocycles. The first-order valence-electron chi connectivity index (χ1n) is 10.9. The number of piperidine rings is 1. The Morgan fingerprint density at radius 2 is 1.80 bits per heavy atom. The Hall–Kier alpha value is -2.31. The maximum absolute atomic E-state index is 12.7. The Balaban J connectivity index is 1.43. The molecule has 2 saturated heterocycles. The fraction of sp³-hybridized carbons (Fsp3) is 0.542. The van der Waals surface area contributed by atoms with Crippen LogP contribution in [0.2, 0.25) is 0 Å². The second-order valence-electron chi connectivity index (χ2n) is 9.46. The molecule has 1 amide bonds. The van der Waals surface area contributed by atoms with E-state index in [1.165, 1.54) is 5.56 Å². The molecule has 2 aliphatic heterocycles. The zero-order valence-corrected chi connectivity index (χ0v) is 18.2. The van der Waals surface area contributed by atoms with Gasteiger partial charge in [-0.15, -0.1) is 0 Å². The Bertz CT molecular complexity index is 829. The average molecular weight is 409 g/mol. The van der Waals surface area contributed by atoms with Crippen LogP contribution in [0.4, 0.5) is 0 Å². The highest BCUT2D eigenvalue weighted by Gasteiger charge is 2.39. The monoisotopic (exact) mass is 408 g/mol. The molecule has 2 aromatic rings. The van der Waals surface area contributed by atoms with E-state index in [2.05, 4.69) is 66.0 Å². The van der Waals surface area contributed by atoms with Crippen LogP contribution in [0.25, 0.3) is 0 Å². The van der Waals surface area contributed by atoms with Gasteiger partial charge in [0, 0.05) is 44.6 Å². The van der Waals surface area contributed by atoms with E-state index in [0.717, 1.165) is 39.0 Å². The van der Waals surface area contributed by atoms with Crippen molar-refractivity contribution in [3.05, 3.63) is 60.2 Å². The van der Waals surface area contributed by atoms with Gasteiger partial charge in [0.15, 0.2) is 0 Å². The Labute approximate surface area is 179 Å². The molecule has 1 aromatic heterocycles. The number of carbonyl (C=O) groups excluding carboxylic acids is 1. The highest BCUT2D eigenvalue weighted by Crippen LogP contribution is 2.35. The lowest BCUT2D eigenvalue weighted by molar-refractivity contribution is -0.140. The summed E-state index contributed by atoms with van der Waals surface area (Å²) in [5.41, 5.74) is 1.75. The van der Waals surface area contributed by atoms with Crippen LogP contribution in [0, 0.1) is 5.41 Å². The van der Waals surface area contributed by atoms with Crippen LogP contribution in [0.5, 0.6) is 0 Å². The minimum Gasteiger partial charge on any atom is -0.367 e. The summed E-state index contributed by atoms with van der Waals surface area (Å²) < 4.78 is 6.55. The van der Waals surface area contributed by atoms with Gasteiger partial charge in [-0.2, -0.15) is 0 Å². The van der Waals surface area contributed by atoms with Gasteiger partial charge in [-0.3, -0.25) is 14.7 Å². The molecule has 0 saturated carbocycles. The standard InChI is InChI=1S/C24H32N4O2/c1-24(2,3)22-17-28(16-21(30-22)18-7-5-4-6-8-18)19-9-13-27(14-10-19)23(29)20-15-25-11-12-26-20/h4-8,11-12,15,19,21-22H,9-10,13-14,16-17H2,1-3H3/t21-,22+/m0/s1. The van der Waals surface area contributed by atoms with E-state index in [1.54, 1.807) is 18.6 Å². The molecule has 0 aliphatic carbocycles. The van der Waals surface area contributed by atoms with E-state index in [0.29, 0.717) is 11.7 Å². The lowest BCUT2D eigenvalue weighted by Crippen LogP contribution is -2.55. The molecule has 160 valence electrons. The first-order valence-corrected chi connectivity index (χ1v) is 10.9. The van der Waals surface area contributed by atoms with Crippen LogP contribution in [0.15, 0.2) is 48.9 Å². The number of hydrogen-bond acceptors (Lipinski definition) is 5. The van der Waals surface area contributed by atoms with Crippen molar-refractivity contribution in [2.45, 2.75) is 51.9 Å². The summed E-state index contributed by atoms with van der Waals surface area (Å²) >= 11 is 0. The second-order valence-corrected chi connectivity index (χ2v) is 9.46. The molecular weight excluding hydrogens is 376 g/mol. The van der Waals surface area contributed by atoms with Gasteiger partial charge in [0.2, 0.25) is 0 Å². The van der Waals surface area contributed by atoms with Crippen LogP contribution >= 0.6 is 0 Å². The molecule has 0 unspecified atom stereocenters. The van der Waals surface area contributed by atoms with Crippen molar-refractivity contribution in [1.29, 1.82) is 0 Å². The number of benzene rings is 1. The van der Waals surface area contributed by atoms with E-state index >= 15 is 0 Å². The van der Waals surface area contributed by atoms with E-state index in [9.17, 15) is 4.79 Å². The molecule has 6 heteroatoms. The fourth-order valence-corrected chi connectivity index (χ4v) is 4.42. The molecule has 0 bridgehead atoms. The molecule has 4 rings (SSSR count). The number of rotatable bonds is 3. The third-order valence-electron chi connectivity index (χ3n) is 6.32. The highest BCUT2D eigenvalue weighted by molar-refractivity contribution is 5.92. The molecule has 0 spiro atoms.